The fraction of sp³-hybridized carbons (Fsp3) is 0.133. The Morgan fingerprint density at radius 2 is 2.22 bits per heavy atom. The number of carbonyl (C=O) groups is 1. The summed E-state index contributed by atoms with van der Waals surface area (Å²) in [5.41, 5.74) is 7.31. The SMILES string of the molecule is CCc1nn(-c2nccs2)cc1C(=O)NNc1ccccc1Cl. The summed E-state index contributed by atoms with van der Waals surface area (Å²) in [6.45, 7) is 1.95. The second kappa shape index (κ2) is 6.80. The van der Waals surface area contributed by atoms with Gasteiger partial charge in [0.05, 0.1) is 22.0 Å². The first kappa shape index (κ1) is 15.5. The molecule has 0 unspecified atom stereocenters. The number of thiazole rings is 1. The summed E-state index contributed by atoms with van der Waals surface area (Å²) in [5.74, 6) is -0.274. The lowest BCUT2D eigenvalue weighted by atomic mass is 10.2. The van der Waals surface area contributed by atoms with Gasteiger partial charge in [0.2, 0.25) is 5.13 Å². The number of nitrogens with zero attached hydrogens (tertiary/aromatic N) is 3. The van der Waals surface area contributed by atoms with E-state index in [0.717, 1.165) is 5.13 Å². The van der Waals surface area contributed by atoms with Crippen LogP contribution in [-0.4, -0.2) is 20.7 Å². The van der Waals surface area contributed by atoms with Gasteiger partial charge in [0.15, 0.2) is 0 Å². The van der Waals surface area contributed by atoms with E-state index in [-0.39, 0.29) is 5.91 Å². The number of halogens is 1. The summed E-state index contributed by atoms with van der Waals surface area (Å²) in [6, 6.07) is 7.18. The third kappa shape index (κ3) is 3.35. The zero-order valence-corrected chi connectivity index (χ0v) is 13.9. The van der Waals surface area contributed by atoms with E-state index in [0.29, 0.717) is 28.4 Å². The molecule has 118 valence electrons. The van der Waals surface area contributed by atoms with Crippen LogP contribution < -0.4 is 10.9 Å². The molecule has 1 amide bonds. The predicted octanol–water partition coefficient (Wildman–Crippen LogP) is 3.30. The molecule has 3 aromatic rings. The second-order valence-electron chi connectivity index (χ2n) is 4.66. The van der Waals surface area contributed by atoms with Gasteiger partial charge in [0.25, 0.3) is 5.91 Å². The molecule has 0 fully saturated rings. The number of hydrogen-bond acceptors (Lipinski definition) is 5. The third-order valence-corrected chi connectivity index (χ3v) is 4.26. The maximum Gasteiger partial charge on any atom is 0.273 e. The fourth-order valence-corrected chi connectivity index (χ4v) is 2.79. The molecule has 2 aromatic heterocycles. The Balaban J connectivity index is 1.78. The predicted molar refractivity (Wildman–Crippen MR) is 91.2 cm³/mol. The van der Waals surface area contributed by atoms with Gasteiger partial charge in [-0.2, -0.15) is 5.10 Å². The molecule has 0 aliphatic carbocycles. The number of hydrazine groups is 1. The molecule has 1 aromatic carbocycles. The third-order valence-electron chi connectivity index (χ3n) is 3.17. The van der Waals surface area contributed by atoms with Gasteiger partial charge in [0, 0.05) is 17.8 Å². The van der Waals surface area contributed by atoms with Crippen molar-refractivity contribution in [1.82, 2.24) is 20.2 Å². The smallest absolute Gasteiger partial charge is 0.273 e. The molecule has 23 heavy (non-hydrogen) atoms. The topological polar surface area (TPSA) is 71.8 Å². The summed E-state index contributed by atoms with van der Waals surface area (Å²) < 4.78 is 1.62. The van der Waals surface area contributed by atoms with E-state index >= 15 is 0 Å². The minimum absolute atomic E-state index is 0.274. The quantitative estimate of drug-likeness (QED) is 0.695. The van der Waals surface area contributed by atoms with Crippen LogP contribution in [0, 0.1) is 0 Å². The molecule has 0 aliphatic rings. The van der Waals surface area contributed by atoms with Crippen LogP contribution in [0.4, 0.5) is 5.69 Å². The van der Waals surface area contributed by atoms with Gasteiger partial charge in [-0.15, -0.1) is 11.3 Å². The van der Waals surface area contributed by atoms with Crippen molar-refractivity contribution in [3.8, 4) is 5.13 Å². The maximum atomic E-state index is 12.4. The van der Waals surface area contributed by atoms with Crippen molar-refractivity contribution in [2.75, 3.05) is 5.43 Å². The Morgan fingerprint density at radius 1 is 1.39 bits per heavy atom. The van der Waals surface area contributed by atoms with Gasteiger partial charge in [-0.25, -0.2) is 9.67 Å². The van der Waals surface area contributed by atoms with Crippen LogP contribution >= 0.6 is 22.9 Å². The number of aromatic nitrogens is 3. The summed E-state index contributed by atoms with van der Waals surface area (Å²) in [4.78, 5) is 16.6. The summed E-state index contributed by atoms with van der Waals surface area (Å²) >= 11 is 7.50. The monoisotopic (exact) mass is 347 g/mol. The van der Waals surface area contributed by atoms with Crippen LogP contribution in [0.5, 0.6) is 0 Å². The molecule has 0 spiro atoms. The Morgan fingerprint density at radius 3 is 2.91 bits per heavy atom. The van der Waals surface area contributed by atoms with Crippen molar-refractivity contribution in [3.05, 3.63) is 58.3 Å². The van der Waals surface area contributed by atoms with Crippen molar-refractivity contribution in [2.24, 2.45) is 0 Å². The highest BCUT2D eigenvalue weighted by molar-refractivity contribution is 7.12. The molecule has 0 saturated heterocycles. The molecule has 0 atom stereocenters. The van der Waals surface area contributed by atoms with E-state index in [9.17, 15) is 4.79 Å². The molecule has 0 radical (unpaired) electrons. The molecule has 0 aliphatic heterocycles. The summed E-state index contributed by atoms with van der Waals surface area (Å²) in [7, 11) is 0. The molecular formula is C15H14ClN5OS. The van der Waals surface area contributed by atoms with Crippen molar-refractivity contribution < 1.29 is 4.79 Å². The first-order valence-corrected chi connectivity index (χ1v) is 8.24. The number of benzene rings is 1. The number of anilines is 1. The van der Waals surface area contributed by atoms with Gasteiger partial charge in [-0.3, -0.25) is 15.6 Å². The molecule has 6 nitrogen and oxygen atoms in total. The Bertz CT molecular complexity index is 815. The van der Waals surface area contributed by atoms with Gasteiger partial charge in [0.1, 0.15) is 0 Å². The number of para-hydroxylation sites is 1. The van der Waals surface area contributed by atoms with E-state index in [4.69, 9.17) is 11.6 Å². The molecule has 0 bridgehead atoms. The average Bonchev–Trinajstić information content (AvgIpc) is 3.22. The van der Waals surface area contributed by atoms with E-state index in [1.54, 1.807) is 29.2 Å². The van der Waals surface area contributed by atoms with Crippen LogP contribution in [0.1, 0.15) is 23.0 Å². The number of carbonyl (C=O) groups excluding carboxylic acids is 1. The van der Waals surface area contributed by atoms with Crippen molar-refractivity contribution in [2.45, 2.75) is 13.3 Å². The number of aryl methyl sites for hydroxylation is 1. The van der Waals surface area contributed by atoms with Gasteiger partial charge < -0.3 is 0 Å². The van der Waals surface area contributed by atoms with E-state index in [2.05, 4.69) is 20.9 Å². The number of rotatable bonds is 5. The minimum Gasteiger partial charge on any atom is -0.297 e. The summed E-state index contributed by atoms with van der Waals surface area (Å²) in [5, 5.41) is 7.53. The summed E-state index contributed by atoms with van der Waals surface area (Å²) in [6.07, 6.45) is 4.03. The van der Waals surface area contributed by atoms with Crippen molar-refractivity contribution >= 4 is 34.5 Å². The molecule has 3 rings (SSSR count). The van der Waals surface area contributed by atoms with Crippen LogP contribution in [0.25, 0.3) is 5.13 Å². The zero-order valence-electron chi connectivity index (χ0n) is 12.3. The molecule has 8 heteroatoms. The fourth-order valence-electron chi connectivity index (χ4n) is 2.04. The number of hydrogen-bond donors (Lipinski definition) is 2. The van der Waals surface area contributed by atoms with Crippen molar-refractivity contribution in [3.63, 3.8) is 0 Å². The second-order valence-corrected chi connectivity index (χ2v) is 5.94. The Kier molecular flexibility index (Phi) is 4.59. The van der Waals surface area contributed by atoms with E-state index < -0.39 is 0 Å². The van der Waals surface area contributed by atoms with Gasteiger partial charge >= 0.3 is 0 Å². The molecule has 2 N–H and O–H groups in total. The Hall–Kier alpha value is -2.38. The lowest BCUT2D eigenvalue weighted by Crippen LogP contribution is -2.29. The number of nitrogens with one attached hydrogen (secondary N) is 2. The normalized spacial score (nSPS) is 10.5. The highest BCUT2D eigenvalue weighted by Crippen LogP contribution is 2.20. The first-order valence-electron chi connectivity index (χ1n) is 6.98. The number of amides is 1. The minimum atomic E-state index is -0.274. The lowest BCUT2D eigenvalue weighted by molar-refractivity contribution is 0.0962. The Labute approximate surface area is 142 Å². The molecule has 2 heterocycles. The first-order chi connectivity index (χ1) is 11.2. The lowest BCUT2D eigenvalue weighted by Gasteiger charge is -2.09. The largest absolute Gasteiger partial charge is 0.297 e. The van der Waals surface area contributed by atoms with Crippen LogP contribution in [0.3, 0.4) is 0 Å². The van der Waals surface area contributed by atoms with Crippen LogP contribution in [0.2, 0.25) is 5.02 Å². The highest BCUT2D eigenvalue weighted by atomic mass is 35.5. The molecular weight excluding hydrogens is 334 g/mol. The van der Waals surface area contributed by atoms with Crippen LogP contribution in [-0.2, 0) is 6.42 Å². The maximum absolute atomic E-state index is 12.4. The van der Waals surface area contributed by atoms with Gasteiger partial charge in [-0.1, -0.05) is 30.7 Å². The average molecular weight is 348 g/mol. The van der Waals surface area contributed by atoms with E-state index in [1.165, 1.54) is 11.3 Å². The molecule has 0 saturated carbocycles. The van der Waals surface area contributed by atoms with Crippen molar-refractivity contribution in [1.29, 1.82) is 0 Å². The zero-order chi connectivity index (χ0) is 16.2. The van der Waals surface area contributed by atoms with Crippen LogP contribution in [0.15, 0.2) is 42.0 Å². The van der Waals surface area contributed by atoms with Gasteiger partial charge in [-0.05, 0) is 18.6 Å². The highest BCUT2D eigenvalue weighted by Gasteiger charge is 2.16. The van der Waals surface area contributed by atoms with E-state index in [1.807, 2.05) is 24.4 Å². The standard InChI is InChI=1S/C15H14ClN5OS/c1-2-12-10(9-21(20-12)15-17-7-8-23-15)14(22)19-18-13-6-4-3-5-11(13)16/h3-9,18H,2H2,1H3,(H,19,22).